The highest BCUT2D eigenvalue weighted by atomic mass is 32.1. The van der Waals surface area contributed by atoms with Crippen LogP contribution in [0.1, 0.15) is 53.6 Å². The second-order valence-corrected chi connectivity index (χ2v) is 6.34. The number of nitrogen functional groups attached to an aromatic ring is 1. The number of rotatable bonds is 6. The number of hydrogen-bond acceptors (Lipinski definition) is 6. The monoisotopic (exact) mass is 311 g/mol. The third-order valence-electron chi connectivity index (χ3n) is 2.96. The topological polar surface area (TPSA) is 93.4 Å². The van der Waals surface area contributed by atoms with E-state index in [4.69, 9.17) is 10.5 Å². The van der Waals surface area contributed by atoms with Gasteiger partial charge < -0.3 is 21.1 Å². The number of hydrogen-bond donors (Lipinski definition) is 3. The lowest BCUT2D eigenvalue weighted by Crippen LogP contribution is -2.25. The summed E-state index contributed by atoms with van der Waals surface area (Å²) in [5.41, 5.74) is 6.47. The molecule has 0 atom stereocenters. The van der Waals surface area contributed by atoms with Crippen molar-refractivity contribution in [2.45, 2.75) is 45.7 Å². The van der Waals surface area contributed by atoms with Crippen LogP contribution in [0.15, 0.2) is 0 Å². The summed E-state index contributed by atoms with van der Waals surface area (Å²) in [7, 11) is 0. The van der Waals surface area contributed by atoms with E-state index in [0.717, 1.165) is 12.8 Å². The zero-order valence-electron chi connectivity index (χ0n) is 12.5. The quantitative estimate of drug-likeness (QED) is 0.700. The first kappa shape index (κ1) is 15.6. The molecule has 0 unspecified atom stereocenters. The van der Waals surface area contributed by atoms with Crippen LogP contribution < -0.4 is 16.4 Å². The Morgan fingerprint density at radius 3 is 2.62 bits per heavy atom. The van der Waals surface area contributed by atoms with E-state index < -0.39 is 5.97 Å². The molecule has 0 aromatic carbocycles. The lowest BCUT2D eigenvalue weighted by atomic mass is 10.2. The van der Waals surface area contributed by atoms with Crippen LogP contribution in [0.5, 0.6) is 0 Å². The minimum absolute atomic E-state index is 0.121. The van der Waals surface area contributed by atoms with E-state index >= 15 is 0 Å². The Hall–Kier alpha value is -1.76. The maximum atomic E-state index is 12.2. The summed E-state index contributed by atoms with van der Waals surface area (Å²) in [5, 5.41) is 6.63. The number of ether oxygens (including phenoxy) is 1. The van der Waals surface area contributed by atoms with Crippen LogP contribution in [0.4, 0.5) is 10.7 Å². The maximum Gasteiger partial charge on any atom is 0.343 e. The fraction of sp³-hybridized carbons (Fsp3) is 0.571. The molecular weight excluding hydrogens is 290 g/mol. The van der Waals surface area contributed by atoms with Gasteiger partial charge in [-0.15, -0.1) is 11.3 Å². The van der Waals surface area contributed by atoms with E-state index in [-0.39, 0.29) is 35.8 Å². The number of nitrogens with one attached hydrogen (secondary N) is 2. The summed E-state index contributed by atoms with van der Waals surface area (Å²) >= 11 is 1.20. The zero-order valence-corrected chi connectivity index (χ0v) is 13.3. The Kier molecular flexibility index (Phi) is 4.72. The van der Waals surface area contributed by atoms with E-state index in [2.05, 4.69) is 10.6 Å². The van der Waals surface area contributed by atoms with Crippen LogP contribution in [-0.2, 0) is 4.74 Å². The fourth-order valence-corrected chi connectivity index (χ4v) is 3.02. The molecule has 116 valence electrons. The van der Waals surface area contributed by atoms with Gasteiger partial charge in [-0.2, -0.15) is 0 Å². The van der Waals surface area contributed by atoms with Gasteiger partial charge >= 0.3 is 5.97 Å². The molecular formula is C14H21N3O3S. The zero-order chi connectivity index (χ0) is 15.6. The lowest BCUT2D eigenvalue weighted by Gasteiger charge is -2.10. The Morgan fingerprint density at radius 2 is 2.10 bits per heavy atom. The smallest absolute Gasteiger partial charge is 0.343 e. The molecule has 1 aromatic rings. The molecule has 21 heavy (non-hydrogen) atoms. The largest absolute Gasteiger partial charge is 0.462 e. The molecule has 0 radical (unpaired) electrons. The van der Waals surface area contributed by atoms with Crippen LogP contribution >= 0.6 is 11.3 Å². The number of amides is 1. The molecule has 0 aliphatic heterocycles. The SMILES string of the molecule is CCOC(=O)c1c(NC(C)C)sc(C(=O)NC2CC2)c1N. The molecule has 1 fully saturated rings. The summed E-state index contributed by atoms with van der Waals surface area (Å²) in [4.78, 5) is 24.6. The molecule has 1 aliphatic carbocycles. The maximum absolute atomic E-state index is 12.2. The molecule has 1 saturated carbocycles. The second-order valence-electron chi connectivity index (χ2n) is 5.32. The predicted octanol–water partition coefficient (Wildman–Crippen LogP) is 2.22. The molecule has 6 nitrogen and oxygen atoms in total. The van der Waals surface area contributed by atoms with Crippen molar-refractivity contribution in [1.29, 1.82) is 0 Å². The normalized spacial score (nSPS) is 14.1. The van der Waals surface area contributed by atoms with Gasteiger partial charge in [-0.25, -0.2) is 4.79 Å². The molecule has 0 saturated heterocycles. The molecule has 1 aromatic heterocycles. The highest BCUT2D eigenvalue weighted by Gasteiger charge is 2.30. The molecule has 4 N–H and O–H groups in total. The molecule has 1 heterocycles. The van der Waals surface area contributed by atoms with Crippen LogP contribution in [0.25, 0.3) is 0 Å². The average molecular weight is 311 g/mol. The van der Waals surface area contributed by atoms with Crippen LogP contribution in [0.3, 0.4) is 0 Å². The van der Waals surface area contributed by atoms with Gasteiger partial charge in [-0.05, 0) is 33.6 Å². The highest BCUT2D eigenvalue weighted by molar-refractivity contribution is 7.19. The summed E-state index contributed by atoms with van der Waals surface area (Å²) in [5.74, 6) is -0.720. The average Bonchev–Trinajstić information content (AvgIpc) is 3.13. The van der Waals surface area contributed by atoms with Crippen molar-refractivity contribution >= 4 is 33.9 Å². The number of anilines is 2. The molecule has 0 bridgehead atoms. The van der Waals surface area contributed by atoms with E-state index in [9.17, 15) is 9.59 Å². The van der Waals surface area contributed by atoms with Gasteiger partial charge in [0.15, 0.2) is 0 Å². The predicted molar refractivity (Wildman–Crippen MR) is 83.9 cm³/mol. The Labute approximate surface area is 128 Å². The standard InChI is InChI=1S/C14H21N3O3S/c1-4-20-14(19)9-10(15)11(12(18)17-8-5-6-8)21-13(9)16-7(2)3/h7-8,16H,4-6,15H2,1-3H3,(H,17,18). The van der Waals surface area contributed by atoms with Crippen molar-refractivity contribution < 1.29 is 14.3 Å². The van der Waals surface area contributed by atoms with Gasteiger partial charge in [0.2, 0.25) is 0 Å². The van der Waals surface area contributed by atoms with Crippen LogP contribution in [0.2, 0.25) is 0 Å². The minimum atomic E-state index is -0.500. The van der Waals surface area contributed by atoms with Crippen molar-refractivity contribution in [3.05, 3.63) is 10.4 Å². The van der Waals surface area contributed by atoms with Gasteiger partial charge in [0.1, 0.15) is 15.4 Å². The van der Waals surface area contributed by atoms with Crippen LogP contribution in [0, 0.1) is 0 Å². The summed E-state index contributed by atoms with van der Waals surface area (Å²) in [6, 6.07) is 0.363. The van der Waals surface area contributed by atoms with Gasteiger partial charge in [0, 0.05) is 12.1 Å². The van der Waals surface area contributed by atoms with E-state index in [1.54, 1.807) is 6.92 Å². The third kappa shape index (κ3) is 3.66. The van der Waals surface area contributed by atoms with E-state index in [1.807, 2.05) is 13.8 Å². The van der Waals surface area contributed by atoms with Crippen molar-refractivity contribution in [3.63, 3.8) is 0 Å². The Bertz CT molecular complexity index is 550. The van der Waals surface area contributed by atoms with Gasteiger partial charge in [0.05, 0.1) is 12.3 Å². The molecule has 1 amide bonds. The number of carbonyl (C=O) groups excluding carboxylic acids is 2. The fourth-order valence-electron chi connectivity index (χ4n) is 1.86. The molecule has 7 heteroatoms. The molecule has 0 spiro atoms. The summed E-state index contributed by atoms with van der Waals surface area (Å²) < 4.78 is 5.03. The van der Waals surface area contributed by atoms with Crippen molar-refractivity contribution in [2.75, 3.05) is 17.7 Å². The Morgan fingerprint density at radius 1 is 1.43 bits per heavy atom. The minimum Gasteiger partial charge on any atom is -0.462 e. The summed E-state index contributed by atoms with van der Waals surface area (Å²) in [6.45, 7) is 5.90. The number of carbonyl (C=O) groups is 2. The van der Waals surface area contributed by atoms with E-state index in [1.165, 1.54) is 11.3 Å². The molecule has 2 rings (SSSR count). The number of thiophene rings is 1. The first-order valence-corrected chi connectivity index (χ1v) is 7.92. The molecule has 1 aliphatic rings. The van der Waals surface area contributed by atoms with Crippen molar-refractivity contribution in [2.24, 2.45) is 0 Å². The van der Waals surface area contributed by atoms with Gasteiger partial charge in [-0.3, -0.25) is 4.79 Å². The number of esters is 1. The third-order valence-corrected chi connectivity index (χ3v) is 4.10. The second kappa shape index (κ2) is 6.34. The highest BCUT2D eigenvalue weighted by Crippen LogP contribution is 2.37. The first-order chi connectivity index (χ1) is 9.93. The van der Waals surface area contributed by atoms with Gasteiger partial charge in [-0.1, -0.05) is 0 Å². The van der Waals surface area contributed by atoms with Crippen molar-refractivity contribution in [3.8, 4) is 0 Å². The van der Waals surface area contributed by atoms with Crippen molar-refractivity contribution in [1.82, 2.24) is 5.32 Å². The summed E-state index contributed by atoms with van der Waals surface area (Å²) in [6.07, 6.45) is 2.00. The first-order valence-electron chi connectivity index (χ1n) is 7.10. The lowest BCUT2D eigenvalue weighted by molar-refractivity contribution is 0.0529. The van der Waals surface area contributed by atoms with E-state index in [0.29, 0.717) is 9.88 Å². The Balaban J connectivity index is 2.32. The number of nitrogens with two attached hydrogens (primary N) is 1. The van der Waals surface area contributed by atoms with Gasteiger partial charge in [0.25, 0.3) is 5.91 Å². The van der Waals surface area contributed by atoms with Crippen LogP contribution in [-0.4, -0.2) is 30.6 Å².